The van der Waals surface area contributed by atoms with Gasteiger partial charge < -0.3 is 15.0 Å². The number of nitrogens with one attached hydrogen (secondary N) is 3. The fourth-order valence-electron chi connectivity index (χ4n) is 2.63. The first-order valence-corrected chi connectivity index (χ1v) is 8.72. The van der Waals surface area contributed by atoms with Crippen molar-refractivity contribution in [3.8, 4) is 0 Å². The summed E-state index contributed by atoms with van der Waals surface area (Å²) in [7, 11) is 0. The molecule has 7 heteroatoms. The van der Waals surface area contributed by atoms with Crippen molar-refractivity contribution in [1.82, 2.24) is 15.3 Å². The number of hydrogen-bond donors (Lipinski definition) is 3. The van der Waals surface area contributed by atoms with Crippen molar-refractivity contribution >= 4 is 5.91 Å². The van der Waals surface area contributed by atoms with E-state index in [0.717, 1.165) is 5.56 Å². The van der Waals surface area contributed by atoms with Gasteiger partial charge >= 0.3 is 5.69 Å². The van der Waals surface area contributed by atoms with Crippen molar-refractivity contribution in [1.29, 1.82) is 0 Å². The van der Waals surface area contributed by atoms with Crippen LogP contribution in [0.5, 0.6) is 0 Å². The molecule has 0 bridgehead atoms. The van der Waals surface area contributed by atoms with Gasteiger partial charge in [0, 0.05) is 30.8 Å². The van der Waals surface area contributed by atoms with Gasteiger partial charge in [-0.25, -0.2) is 4.79 Å². The lowest BCUT2D eigenvalue weighted by Crippen LogP contribution is -2.29. The van der Waals surface area contributed by atoms with Gasteiger partial charge in [0.1, 0.15) is 0 Å². The fourth-order valence-corrected chi connectivity index (χ4v) is 2.63. The molecule has 26 heavy (non-hydrogen) atoms. The number of aromatic amines is 2. The molecule has 0 saturated carbocycles. The highest BCUT2D eigenvalue weighted by molar-refractivity contribution is 5.76. The molecule has 0 aliphatic rings. The second kappa shape index (κ2) is 9.72. The normalized spacial score (nSPS) is 11.9. The number of aryl methyl sites for hydroxylation is 1. The number of carbonyl (C=O) groups excluding carboxylic acids is 1. The maximum Gasteiger partial charge on any atom is 0.325 e. The van der Waals surface area contributed by atoms with Crippen LogP contribution in [-0.4, -0.2) is 29.0 Å². The van der Waals surface area contributed by atoms with Crippen LogP contribution in [0.2, 0.25) is 0 Å². The van der Waals surface area contributed by atoms with Crippen LogP contribution in [0.15, 0.2) is 39.9 Å². The number of ether oxygens (including phenoxy) is 1. The van der Waals surface area contributed by atoms with E-state index in [1.807, 2.05) is 37.3 Å². The van der Waals surface area contributed by atoms with Crippen molar-refractivity contribution in [3.05, 3.63) is 68.0 Å². The van der Waals surface area contributed by atoms with Crippen LogP contribution in [0.1, 0.15) is 42.7 Å². The molecule has 1 atom stereocenters. The minimum atomic E-state index is -0.537. The lowest BCUT2D eigenvalue weighted by atomic mass is 10.1. The van der Waals surface area contributed by atoms with Crippen LogP contribution in [0.3, 0.4) is 0 Å². The molecule has 2 rings (SSSR count). The first-order chi connectivity index (χ1) is 12.5. The maximum atomic E-state index is 11.9. The molecule has 0 fully saturated rings. The molecule has 0 saturated heterocycles. The molecule has 3 N–H and O–H groups in total. The molecule has 7 nitrogen and oxygen atoms in total. The SMILES string of the molecule is Cc1[nH]c(=O)[nH]c(=O)c1CCC(=O)NCCCO[C@@H](C)c1ccccc1. The average molecular weight is 359 g/mol. The first-order valence-electron chi connectivity index (χ1n) is 8.72. The smallest absolute Gasteiger partial charge is 0.325 e. The zero-order valence-electron chi connectivity index (χ0n) is 15.1. The molecular formula is C19H25N3O4. The Kier molecular flexibility index (Phi) is 7.35. The zero-order chi connectivity index (χ0) is 18.9. The number of amides is 1. The molecule has 140 valence electrons. The number of carbonyl (C=O) groups is 1. The topological polar surface area (TPSA) is 104 Å². The van der Waals surface area contributed by atoms with Crippen LogP contribution >= 0.6 is 0 Å². The van der Waals surface area contributed by atoms with E-state index in [1.54, 1.807) is 6.92 Å². The molecule has 0 unspecified atom stereocenters. The van der Waals surface area contributed by atoms with Crippen LogP contribution in [-0.2, 0) is 16.0 Å². The third-order valence-electron chi connectivity index (χ3n) is 4.14. The molecule has 0 aliphatic carbocycles. The van der Waals surface area contributed by atoms with Gasteiger partial charge in [0.2, 0.25) is 5.91 Å². The van der Waals surface area contributed by atoms with E-state index >= 15 is 0 Å². The molecule has 1 amide bonds. The summed E-state index contributed by atoms with van der Waals surface area (Å²) in [5, 5.41) is 2.81. The summed E-state index contributed by atoms with van der Waals surface area (Å²) >= 11 is 0. The Hall–Kier alpha value is -2.67. The third kappa shape index (κ3) is 6.00. The standard InChI is InChI=1S/C19H25N3O4/c1-13-16(18(24)22-19(25)21-13)9-10-17(23)20-11-6-12-26-14(2)15-7-4-3-5-8-15/h3-5,7-8,14H,6,9-12H2,1-2H3,(H,20,23)(H2,21,22,24,25)/t14-/m0/s1. The Bertz CT molecular complexity index is 827. The molecule has 0 spiro atoms. The Morgan fingerprint density at radius 1 is 1.19 bits per heavy atom. The minimum Gasteiger partial charge on any atom is -0.374 e. The molecule has 0 aliphatic heterocycles. The number of benzene rings is 1. The highest BCUT2D eigenvalue weighted by atomic mass is 16.5. The van der Waals surface area contributed by atoms with E-state index in [-0.39, 0.29) is 24.9 Å². The molecule has 0 radical (unpaired) electrons. The second-order valence-corrected chi connectivity index (χ2v) is 6.14. The van der Waals surface area contributed by atoms with Crippen molar-refractivity contribution in [2.24, 2.45) is 0 Å². The average Bonchev–Trinajstić information content (AvgIpc) is 2.61. The number of rotatable bonds is 9. The predicted octanol–water partition coefficient (Wildman–Crippen LogP) is 1.59. The summed E-state index contributed by atoms with van der Waals surface area (Å²) in [4.78, 5) is 39.5. The molecular weight excluding hydrogens is 334 g/mol. The minimum absolute atomic E-state index is 0.0156. The lowest BCUT2D eigenvalue weighted by Gasteiger charge is -2.13. The van der Waals surface area contributed by atoms with Gasteiger partial charge in [0.15, 0.2) is 0 Å². The van der Waals surface area contributed by atoms with Gasteiger partial charge in [0.05, 0.1) is 6.10 Å². The van der Waals surface area contributed by atoms with Crippen molar-refractivity contribution in [2.75, 3.05) is 13.2 Å². The van der Waals surface area contributed by atoms with Crippen LogP contribution in [0, 0.1) is 6.92 Å². The zero-order valence-corrected chi connectivity index (χ0v) is 15.1. The summed E-state index contributed by atoms with van der Waals surface area (Å²) in [6.45, 7) is 4.71. The Morgan fingerprint density at radius 3 is 2.62 bits per heavy atom. The second-order valence-electron chi connectivity index (χ2n) is 6.14. The molecule has 1 aromatic carbocycles. The van der Waals surface area contributed by atoms with E-state index < -0.39 is 11.2 Å². The van der Waals surface area contributed by atoms with Crippen LogP contribution in [0.25, 0.3) is 0 Å². The van der Waals surface area contributed by atoms with Crippen molar-refractivity contribution in [3.63, 3.8) is 0 Å². The maximum absolute atomic E-state index is 11.9. The summed E-state index contributed by atoms with van der Waals surface area (Å²) < 4.78 is 5.75. The third-order valence-corrected chi connectivity index (χ3v) is 4.14. The Balaban J connectivity index is 1.65. The quantitative estimate of drug-likeness (QED) is 0.591. The highest BCUT2D eigenvalue weighted by Gasteiger charge is 2.09. The van der Waals surface area contributed by atoms with Gasteiger partial charge in [-0.15, -0.1) is 0 Å². The van der Waals surface area contributed by atoms with E-state index in [1.165, 1.54) is 0 Å². The number of H-pyrrole nitrogens is 2. The molecule has 2 aromatic rings. The lowest BCUT2D eigenvalue weighted by molar-refractivity contribution is -0.121. The summed E-state index contributed by atoms with van der Waals surface area (Å²) in [6.07, 6.45) is 1.20. The van der Waals surface area contributed by atoms with Crippen LogP contribution < -0.4 is 16.6 Å². The van der Waals surface area contributed by atoms with Gasteiger partial charge in [-0.3, -0.25) is 14.6 Å². The summed E-state index contributed by atoms with van der Waals surface area (Å²) in [5.74, 6) is -0.133. The van der Waals surface area contributed by atoms with Crippen molar-refractivity contribution in [2.45, 2.75) is 39.2 Å². The van der Waals surface area contributed by atoms with Gasteiger partial charge in [0.25, 0.3) is 5.56 Å². The van der Waals surface area contributed by atoms with E-state index in [9.17, 15) is 14.4 Å². The Morgan fingerprint density at radius 2 is 1.92 bits per heavy atom. The van der Waals surface area contributed by atoms with Crippen LogP contribution in [0.4, 0.5) is 0 Å². The van der Waals surface area contributed by atoms with Gasteiger partial charge in [-0.2, -0.15) is 0 Å². The highest BCUT2D eigenvalue weighted by Crippen LogP contribution is 2.15. The summed E-state index contributed by atoms with van der Waals surface area (Å²) in [6, 6.07) is 9.96. The van der Waals surface area contributed by atoms with E-state index in [4.69, 9.17) is 4.74 Å². The fraction of sp³-hybridized carbons (Fsp3) is 0.421. The van der Waals surface area contributed by atoms with Crippen molar-refractivity contribution < 1.29 is 9.53 Å². The van der Waals surface area contributed by atoms with Gasteiger partial charge in [-0.05, 0) is 32.3 Å². The van der Waals surface area contributed by atoms with Gasteiger partial charge in [-0.1, -0.05) is 30.3 Å². The molecule has 1 aromatic heterocycles. The van der Waals surface area contributed by atoms with E-state index in [2.05, 4.69) is 15.3 Å². The monoisotopic (exact) mass is 359 g/mol. The predicted molar refractivity (Wildman–Crippen MR) is 99.2 cm³/mol. The van der Waals surface area contributed by atoms with E-state index in [0.29, 0.717) is 30.8 Å². The Labute approximate surface area is 151 Å². The number of hydrogen-bond acceptors (Lipinski definition) is 4. The summed E-state index contributed by atoms with van der Waals surface area (Å²) in [5.41, 5.74) is 1.07. The largest absolute Gasteiger partial charge is 0.374 e. The number of aromatic nitrogens is 2. The first kappa shape index (κ1) is 19.7. The molecule has 1 heterocycles.